The molecule has 12 heavy (non-hydrogen) atoms. The molecule has 0 bridgehead atoms. The summed E-state index contributed by atoms with van der Waals surface area (Å²) in [6.45, 7) is 2.02. The SMILES string of the molecule is CCc1nc2c(Cl)cccn2n1. The number of rotatable bonds is 1. The van der Waals surface area contributed by atoms with Crippen molar-refractivity contribution < 1.29 is 0 Å². The van der Waals surface area contributed by atoms with Gasteiger partial charge in [-0.25, -0.2) is 9.50 Å². The Kier molecular flexibility index (Phi) is 1.73. The molecular formula is C8H8ClN3. The average molecular weight is 182 g/mol. The summed E-state index contributed by atoms with van der Waals surface area (Å²) < 4.78 is 1.70. The third-order valence-electron chi connectivity index (χ3n) is 1.67. The van der Waals surface area contributed by atoms with E-state index >= 15 is 0 Å². The molecule has 0 aliphatic carbocycles. The normalized spacial score (nSPS) is 10.8. The third kappa shape index (κ3) is 1.06. The summed E-state index contributed by atoms with van der Waals surface area (Å²) in [5, 5.41) is 4.86. The molecule has 2 aromatic rings. The molecule has 3 nitrogen and oxygen atoms in total. The van der Waals surface area contributed by atoms with Gasteiger partial charge in [-0.15, -0.1) is 0 Å². The fourth-order valence-corrected chi connectivity index (χ4v) is 1.27. The van der Waals surface area contributed by atoms with Crippen LogP contribution in [-0.4, -0.2) is 14.6 Å². The lowest BCUT2D eigenvalue weighted by atomic mass is 10.5. The molecule has 0 spiro atoms. The van der Waals surface area contributed by atoms with Crippen molar-refractivity contribution in [3.05, 3.63) is 29.2 Å². The molecule has 0 aliphatic rings. The Morgan fingerprint density at radius 3 is 3.08 bits per heavy atom. The summed E-state index contributed by atoms with van der Waals surface area (Å²) in [6.07, 6.45) is 2.67. The van der Waals surface area contributed by atoms with Crippen LogP contribution < -0.4 is 0 Å². The predicted molar refractivity (Wildman–Crippen MR) is 47.4 cm³/mol. The van der Waals surface area contributed by atoms with Crippen molar-refractivity contribution in [3.63, 3.8) is 0 Å². The first-order valence-electron chi connectivity index (χ1n) is 3.81. The van der Waals surface area contributed by atoms with E-state index in [9.17, 15) is 0 Å². The van der Waals surface area contributed by atoms with Crippen LogP contribution in [0.5, 0.6) is 0 Å². The molecule has 2 rings (SSSR count). The van der Waals surface area contributed by atoms with Gasteiger partial charge in [-0.05, 0) is 12.1 Å². The Bertz CT molecular complexity index is 408. The van der Waals surface area contributed by atoms with Gasteiger partial charge in [-0.1, -0.05) is 18.5 Å². The monoisotopic (exact) mass is 181 g/mol. The van der Waals surface area contributed by atoms with Crippen LogP contribution in [0.4, 0.5) is 0 Å². The van der Waals surface area contributed by atoms with Crippen LogP contribution in [0.15, 0.2) is 18.3 Å². The molecule has 0 atom stereocenters. The van der Waals surface area contributed by atoms with Crippen LogP contribution >= 0.6 is 11.6 Å². The molecule has 2 heterocycles. The zero-order chi connectivity index (χ0) is 8.55. The molecule has 0 unspecified atom stereocenters. The van der Waals surface area contributed by atoms with Gasteiger partial charge in [0.25, 0.3) is 0 Å². The van der Waals surface area contributed by atoms with Crippen molar-refractivity contribution >= 4 is 17.2 Å². The van der Waals surface area contributed by atoms with E-state index in [4.69, 9.17) is 11.6 Å². The minimum atomic E-state index is 0.643. The van der Waals surface area contributed by atoms with Crippen LogP contribution in [0, 0.1) is 0 Å². The van der Waals surface area contributed by atoms with Crippen LogP contribution in [0.25, 0.3) is 5.65 Å². The first kappa shape index (κ1) is 7.55. The van der Waals surface area contributed by atoms with Crippen molar-refractivity contribution in [1.82, 2.24) is 14.6 Å². The van der Waals surface area contributed by atoms with Crippen LogP contribution in [0.3, 0.4) is 0 Å². The van der Waals surface area contributed by atoms with E-state index in [-0.39, 0.29) is 0 Å². The van der Waals surface area contributed by atoms with Crippen LogP contribution in [0.1, 0.15) is 12.7 Å². The zero-order valence-electron chi connectivity index (χ0n) is 6.66. The van der Waals surface area contributed by atoms with Gasteiger partial charge in [0, 0.05) is 12.6 Å². The van der Waals surface area contributed by atoms with Gasteiger partial charge in [-0.3, -0.25) is 0 Å². The molecule has 0 fully saturated rings. The van der Waals surface area contributed by atoms with Gasteiger partial charge in [0.15, 0.2) is 11.5 Å². The maximum Gasteiger partial charge on any atom is 0.174 e. The lowest BCUT2D eigenvalue weighted by Crippen LogP contribution is -1.86. The summed E-state index contributed by atoms with van der Waals surface area (Å²) in [7, 11) is 0. The quantitative estimate of drug-likeness (QED) is 0.673. The minimum absolute atomic E-state index is 0.643. The maximum absolute atomic E-state index is 5.90. The Balaban J connectivity index is 2.74. The zero-order valence-corrected chi connectivity index (χ0v) is 7.41. The number of aromatic nitrogens is 3. The molecule has 4 heteroatoms. The Morgan fingerprint density at radius 1 is 1.58 bits per heavy atom. The second kappa shape index (κ2) is 2.75. The van der Waals surface area contributed by atoms with Gasteiger partial charge in [0.2, 0.25) is 0 Å². The highest BCUT2D eigenvalue weighted by Crippen LogP contribution is 2.14. The van der Waals surface area contributed by atoms with Crippen molar-refractivity contribution in [3.8, 4) is 0 Å². The second-order valence-electron chi connectivity index (χ2n) is 2.51. The topological polar surface area (TPSA) is 30.2 Å². The number of nitrogens with zero attached hydrogens (tertiary/aromatic N) is 3. The van der Waals surface area contributed by atoms with Crippen LogP contribution in [0.2, 0.25) is 5.02 Å². The van der Waals surface area contributed by atoms with Crippen molar-refractivity contribution in [1.29, 1.82) is 0 Å². The molecular weight excluding hydrogens is 174 g/mol. The summed E-state index contributed by atoms with van der Waals surface area (Å²) in [5.41, 5.74) is 0.732. The fourth-order valence-electron chi connectivity index (χ4n) is 1.07. The molecule has 0 aliphatic heterocycles. The van der Waals surface area contributed by atoms with E-state index in [1.165, 1.54) is 0 Å². The van der Waals surface area contributed by atoms with Gasteiger partial charge in [0.05, 0.1) is 5.02 Å². The standard InChI is InChI=1S/C8H8ClN3/c1-2-7-10-8-6(9)4-3-5-12(8)11-7/h3-5H,2H2,1H3. The van der Waals surface area contributed by atoms with Crippen molar-refractivity contribution in [2.45, 2.75) is 13.3 Å². The van der Waals surface area contributed by atoms with Gasteiger partial charge in [0.1, 0.15) is 0 Å². The summed E-state index contributed by atoms with van der Waals surface area (Å²) in [4.78, 5) is 4.25. The highest BCUT2D eigenvalue weighted by atomic mass is 35.5. The van der Waals surface area contributed by atoms with Crippen LogP contribution in [-0.2, 0) is 6.42 Å². The van der Waals surface area contributed by atoms with Crippen molar-refractivity contribution in [2.24, 2.45) is 0 Å². The molecule has 0 saturated carbocycles. The number of pyridine rings is 1. The van der Waals surface area contributed by atoms with E-state index in [0.717, 1.165) is 17.9 Å². The smallest absolute Gasteiger partial charge is 0.174 e. The minimum Gasteiger partial charge on any atom is -0.219 e. The largest absolute Gasteiger partial charge is 0.219 e. The number of aryl methyl sites for hydroxylation is 1. The number of hydrogen-bond donors (Lipinski definition) is 0. The molecule has 62 valence electrons. The molecule has 0 radical (unpaired) electrons. The lowest BCUT2D eigenvalue weighted by Gasteiger charge is -1.90. The van der Waals surface area contributed by atoms with E-state index in [0.29, 0.717) is 5.02 Å². The molecule has 0 saturated heterocycles. The number of hydrogen-bond acceptors (Lipinski definition) is 2. The Morgan fingerprint density at radius 2 is 2.42 bits per heavy atom. The molecule has 0 aromatic carbocycles. The average Bonchev–Trinajstić information content (AvgIpc) is 2.49. The van der Waals surface area contributed by atoms with E-state index in [1.807, 2.05) is 25.3 Å². The Labute approximate surface area is 75.0 Å². The Hall–Kier alpha value is -1.09. The predicted octanol–water partition coefficient (Wildman–Crippen LogP) is 1.95. The third-order valence-corrected chi connectivity index (χ3v) is 1.97. The summed E-state index contributed by atoms with van der Waals surface area (Å²) in [6, 6.07) is 3.66. The lowest BCUT2D eigenvalue weighted by molar-refractivity contribution is 0.886. The van der Waals surface area contributed by atoms with E-state index < -0.39 is 0 Å². The van der Waals surface area contributed by atoms with E-state index in [2.05, 4.69) is 10.1 Å². The number of fused-ring (bicyclic) bond motifs is 1. The first-order valence-corrected chi connectivity index (χ1v) is 4.19. The maximum atomic E-state index is 5.90. The van der Waals surface area contributed by atoms with Gasteiger partial charge >= 0.3 is 0 Å². The summed E-state index contributed by atoms with van der Waals surface area (Å²) in [5.74, 6) is 0.822. The first-order chi connectivity index (χ1) is 5.81. The highest BCUT2D eigenvalue weighted by Gasteiger charge is 2.03. The van der Waals surface area contributed by atoms with Gasteiger partial charge in [-0.2, -0.15) is 5.10 Å². The van der Waals surface area contributed by atoms with Crippen molar-refractivity contribution in [2.75, 3.05) is 0 Å². The molecule has 0 N–H and O–H groups in total. The summed E-state index contributed by atoms with van der Waals surface area (Å²) >= 11 is 5.90. The molecule has 0 amide bonds. The number of halogens is 1. The second-order valence-corrected chi connectivity index (χ2v) is 2.91. The van der Waals surface area contributed by atoms with E-state index in [1.54, 1.807) is 4.52 Å². The fraction of sp³-hybridized carbons (Fsp3) is 0.250. The van der Waals surface area contributed by atoms with Gasteiger partial charge < -0.3 is 0 Å². The molecule has 2 aromatic heterocycles. The highest BCUT2D eigenvalue weighted by molar-refractivity contribution is 6.33.